The number of nitrogens with zero attached hydrogens (tertiary/aromatic N) is 3. The second-order valence-corrected chi connectivity index (χ2v) is 8.56. The Bertz CT molecular complexity index is 905. The Hall–Kier alpha value is -2.04. The first-order valence-corrected chi connectivity index (χ1v) is 10.5. The number of anilines is 1. The highest BCUT2D eigenvalue weighted by atomic mass is 32.2. The zero-order chi connectivity index (χ0) is 18.7. The zero-order valence-electron chi connectivity index (χ0n) is 14.6. The van der Waals surface area contributed by atoms with Crippen molar-refractivity contribution in [2.75, 3.05) is 25.1 Å². The average molecular weight is 396 g/mol. The maximum Gasteiger partial charge on any atom is 0.349 e. The van der Waals surface area contributed by atoms with Gasteiger partial charge < -0.3 is 9.64 Å². The number of carbonyl (C=O) groups is 1. The van der Waals surface area contributed by atoms with E-state index in [1.165, 1.54) is 18.6 Å². The summed E-state index contributed by atoms with van der Waals surface area (Å²) in [5.74, 6) is 0.531. The predicted molar refractivity (Wildman–Crippen MR) is 97.9 cm³/mol. The molecule has 0 radical (unpaired) electrons. The van der Waals surface area contributed by atoms with Gasteiger partial charge in [0.05, 0.1) is 13.7 Å². The van der Waals surface area contributed by atoms with E-state index in [2.05, 4.69) is 24.3 Å². The number of hydrogen-bond acceptors (Lipinski definition) is 8. The van der Waals surface area contributed by atoms with Crippen LogP contribution < -0.4 is 9.62 Å². The fourth-order valence-electron chi connectivity index (χ4n) is 2.79. The first-order valence-electron chi connectivity index (χ1n) is 8.15. The fraction of sp³-hybridized carbons (Fsp3) is 0.438. The van der Waals surface area contributed by atoms with Crippen LogP contribution in [0.4, 0.5) is 5.82 Å². The molecule has 1 N–H and O–H groups in total. The van der Waals surface area contributed by atoms with E-state index >= 15 is 0 Å². The van der Waals surface area contributed by atoms with Crippen molar-refractivity contribution in [1.29, 1.82) is 0 Å². The number of aryl methyl sites for hydroxylation is 1. The molecule has 0 unspecified atom stereocenters. The molecule has 1 saturated heterocycles. The molecule has 3 rings (SSSR count). The van der Waals surface area contributed by atoms with Gasteiger partial charge in [0.15, 0.2) is 0 Å². The molecule has 1 aliphatic heterocycles. The van der Waals surface area contributed by atoms with Gasteiger partial charge in [-0.1, -0.05) is 0 Å². The molecule has 0 aromatic carbocycles. The van der Waals surface area contributed by atoms with Crippen molar-refractivity contribution in [3.63, 3.8) is 0 Å². The van der Waals surface area contributed by atoms with Crippen LogP contribution in [0.3, 0.4) is 0 Å². The Kier molecular flexibility index (Phi) is 5.54. The Balaban J connectivity index is 1.78. The van der Waals surface area contributed by atoms with Gasteiger partial charge in [-0.25, -0.2) is 27.9 Å². The molecule has 2 aromatic heterocycles. The number of ether oxygens (including phenoxy) is 1. The molecule has 26 heavy (non-hydrogen) atoms. The maximum atomic E-state index is 12.6. The van der Waals surface area contributed by atoms with Gasteiger partial charge in [0.1, 0.15) is 21.4 Å². The van der Waals surface area contributed by atoms with Crippen LogP contribution in [-0.4, -0.2) is 44.6 Å². The van der Waals surface area contributed by atoms with E-state index in [9.17, 15) is 13.2 Å². The third kappa shape index (κ3) is 4.02. The Morgan fingerprint density at radius 2 is 2.08 bits per heavy atom. The summed E-state index contributed by atoms with van der Waals surface area (Å²) in [6.45, 7) is 3.69. The first kappa shape index (κ1) is 18.7. The standard InChI is InChI=1S/C16H20N4O4S2/c1-11-9-14(20-6-3-4-7-20)19-13(18-11)10-17-26(22,23)12-5-8-25-15(12)16(21)24-2/h5,8-9,17H,3-4,6-7,10H2,1-2H3. The predicted octanol–water partition coefficient (Wildman–Crippen LogP) is 1.71. The fourth-order valence-corrected chi connectivity index (χ4v) is 5.10. The summed E-state index contributed by atoms with van der Waals surface area (Å²) in [6, 6.07) is 3.28. The lowest BCUT2D eigenvalue weighted by molar-refractivity contribution is 0.0602. The van der Waals surface area contributed by atoms with Gasteiger partial charge in [-0.15, -0.1) is 11.3 Å². The maximum absolute atomic E-state index is 12.6. The van der Waals surface area contributed by atoms with Crippen LogP contribution in [0, 0.1) is 6.92 Å². The van der Waals surface area contributed by atoms with Crippen LogP contribution in [0.25, 0.3) is 0 Å². The van der Waals surface area contributed by atoms with E-state index < -0.39 is 16.0 Å². The highest BCUT2D eigenvalue weighted by Gasteiger charge is 2.25. The summed E-state index contributed by atoms with van der Waals surface area (Å²) in [5, 5.41) is 1.54. The van der Waals surface area contributed by atoms with Crippen LogP contribution in [0.2, 0.25) is 0 Å². The molecule has 1 fully saturated rings. The highest BCUT2D eigenvalue weighted by Crippen LogP contribution is 2.23. The monoisotopic (exact) mass is 396 g/mol. The van der Waals surface area contributed by atoms with Crippen LogP contribution in [0.5, 0.6) is 0 Å². The summed E-state index contributed by atoms with van der Waals surface area (Å²) >= 11 is 1.02. The molecule has 140 valence electrons. The SMILES string of the molecule is COC(=O)c1sccc1S(=O)(=O)NCc1nc(C)cc(N2CCCC2)n1. The highest BCUT2D eigenvalue weighted by molar-refractivity contribution is 7.89. The van der Waals surface area contributed by atoms with E-state index in [-0.39, 0.29) is 16.3 Å². The van der Waals surface area contributed by atoms with Gasteiger partial charge in [0, 0.05) is 24.8 Å². The Morgan fingerprint density at radius 3 is 2.77 bits per heavy atom. The second-order valence-electron chi connectivity index (χ2n) is 5.91. The van der Waals surface area contributed by atoms with E-state index in [0.29, 0.717) is 5.82 Å². The molecule has 0 atom stereocenters. The number of aromatic nitrogens is 2. The molecule has 8 nitrogen and oxygen atoms in total. The Morgan fingerprint density at radius 1 is 1.35 bits per heavy atom. The molecule has 1 aliphatic rings. The number of nitrogens with one attached hydrogen (secondary N) is 1. The van der Waals surface area contributed by atoms with Crippen LogP contribution in [0.1, 0.15) is 34.0 Å². The van der Waals surface area contributed by atoms with Crippen molar-refractivity contribution >= 4 is 33.1 Å². The lowest BCUT2D eigenvalue weighted by atomic mass is 10.4. The molecule has 2 aromatic rings. The van der Waals surface area contributed by atoms with Crippen molar-refractivity contribution in [1.82, 2.24) is 14.7 Å². The van der Waals surface area contributed by atoms with Crippen molar-refractivity contribution in [2.45, 2.75) is 31.2 Å². The number of esters is 1. The van der Waals surface area contributed by atoms with Crippen LogP contribution in [-0.2, 0) is 21.3 Å². The number of hydrogen-bond donors (Lipinski definition) is 1. The third-order valence-corrected chi connectivity index (χ3v) is 6.49. The van der Waals surface area contributed by atoms with E-state index in [1.807, 2.05) is 13.0 Å². The average Bonchev–Trinajstić information content (AvgIpc) is 3.30. The van der Waals surface area contributed by atoms with Crippen molar-refractivity contribution in [3.8, 4) is 0 Å². The summed E-state index contributed by atoms with van der Waals surface area (Å²) < 4.78 is 32.2. The van der Waals surface area contributed by atoms with Crippen molar-refractivity contribution in [2.24, 2.45) is 0 Å². The molecular weight excluding hydrogens is 376 g/mol. The van der Waals surface area contributed by atoms with Gasteiger partial charge in [-0.3, -0.25) is 0 Å². The minimum Gasteiger partial charge on any atom is -0.465 e. The van der Waals surface area contributed by atoms with E-state index in [0.717, 1.165) is 48.8 Å². The zero-order valence-corrected chi connectivity index (χ0v) is 16.2. The van der Waals surface area contributed by atoms with Gasteiger partial charge in [0.2, 0.25) is 10.0 Å². The number of carbonyl (C=O) groups excluding carboxylic acids is 1. The molecule has 0 aliphatic carbocycles. The summed E-state index contributed by atoms with van der Waals surface area (Å²) in [7, 11) is -2.67. The molecule has 3 heterocycles. The number of sulfonamides is 1. The summed E-state index contributed by atoms with van der Waals surface area (Å²) in [5.41, 5.74) is 0.780. The minimum atomic E-state index is -3.88. The molecule has 0 saturated carbocycles. The smallest absolute Gasteiger partial charge is 0.349 e. The van der Waals surface area contributed by atoms with Gasteiger partial charge >= 0.3 is 5.97 Å². The van der Waals surface area contributed by atoms with Crippen molar-refractivity contribution in [3.05, 3.63) is 33.9 Å². The second kappa shape index (κ2) is 7.68. The number of rotatable bonds is 6. The van der Waals surface area contributed by atoms with Gasteiger partial charge in [0.25, 0.3) is 0 Å². The molecule has 0 amide bonds. The quantitative estimate of drug-likeness (QED) is 0.742. The molecular formula is C16H20N4O4S2. The largest absolute Gasteiger partial charge is 0.465 e. The van der Waals surface area contributed by atoms with E-state index in [1.54, 1.807) is 0 Å². The van der Waals surface area contributed by atoms with Crippen molar-refractivity contribution < 1.29 is 17.9 Å². The van der Waals surface area contributed by atoms with Gasteiger partial charge in [-0.2, -0.15) is 0 Å². The van der Waals surface area contributed by atoms with E-state index in [4.69, 9.17) is 0 Å². The molecule has 0 spiro atoms. The van der Waals surface area contributed by atoms with Gasteiger partial charge in [-0.05, 0) is 31.2 Å². The minimum absolute atomic E-state index is 0.0444. The lowest BCUT2D eigenvalue weighted by Crippen LogP contribution is -2.26. The topological polar surface area (TPSA) is 101 Å². The summed E-state index contributed by atoms with van der Waals surface area (Å²) in [6.07, 6.45) is 2.25. The molecule has 10 heteroatoms. The lowest BCUT2D eigenvalue weighted by Gasteiger charge is -2.17. The van der Waals surface area contributed by atoms with Crippen LogP contribution >= 0.6 is 11.3 Å². The third-order valence-electron chi connectivity index (χ3n) is 4.03. The number of thiophene rings is 1. The normalized spacial score (nSPS) is 14.6. The number of methoxy groups -OCH3 is 1. The van der Waals surface area contributed by atoms with Crippen LogP contribution in [0.15, 0.2) is 22.4 Å². The first-order chi connectivity index (χ1) is 12.4. The molecule has 0 bridgehead atoms. The summed E-state index contributed by atoms with van der Waals surface area (Å²) in [4.78, 5) is 22.6. The Labute approximate surface area is 156 Å².